The number of aromatic nitrogens is 4. The molecule has 0 fully saturated rings. The molecule has 0 saturated carbocycles. The average Bonchev–Trinajstić information content (AvgIpc) is 2.98. The number of carbonyl (C=O) groups is 1. The zero-order chi connectivity index (χ0) is 16.9. The molecule has 2 N–H and O–H groups in total. The third-order valence-electron chi connectivity index (χ3n) is 3.50. The van der Waals surface area contributed by atoms with Gasteiger partial charge in [-0.25, -0.2) is 19.0 Å². The number of anilines is 1. The van der Waals surface area contributed by atoms with Crippen LogP contribution in [0.5, 0.6) is 0 Å². The fourth-order valence-corrected chi connectivity index (χ4v) is 2.32. The lowest BCUT2D eigenvalue weighted by Gasteiger charge is -2.07. The topological polar surface area (TPSA) is 84.7 Å². The minimum Gasteiger partial charge on any atom is -0.365 e. The van der Waals surface area contributed by atoms with Crippen molar-refractivity contribution >= 4 is 22.8 Å². The molecule has 0 bridgehead atoms. The van der Waals surface area contributed by atoms with E-state index in [1.165, 1.54) is 25.4 Å². The summed E-state index contributed by atoms with van der Waals surface area (Å²) in [6, 6.07) is 6.29. The van der Waals surface area contributed by atoms with E-state index >= 15 is 0 Å². The normalized spacial score (nSPS) is 10.8. The van der Waals surface area contributed by atoms with Crippen molar-refractivity contribution in [2.24, 2.45) is 0 Å². The molecular formula is C16H17FN6O. The molecule has 124 valence electrons. The van der Waals surface area contributed by atoms with Gasteiger partial charge in [0.1, 0.15) is 18.0 Å². The van der Waals surface area contributed by atoms with Crippen LogP contribution in [-0.4, -0.2) is 32.2 Å². The van der Waals surface area contributed by atoms with Crippen LogP contribution in [0.3, 0.4) is 0 Å². The number of rotatable bonds is 6. The number of nitrogens with one attached hydrogen (secondary N) is 2. The van der Waals surface area contributed by atoms with Gasteiger partial charge in [0, 0.05) is 20.0 Å². The van der Waals surface area contributed by atoms with Crippen LogP contribution in [0.25, 0.3) is 11.0 Å². The molecule has 24 heavy (non-hydrogen) atoms. The van der Waals surface area contributed by atoms with Gasteiger partial charge in [0.15, 0.2) is 5.65 Å². The second-order valence-corrected chi connectivity index (χ2v) is 5.29. The molecule has 1 amide bonds. The second kappa shape index (κ2) is 7.03. The maximum Gasteiger partial charge on any atom is 0.216 e. The van der Waals surface area contributed by atoms with E-state index in [2.05, 4.69) is 25.7 Å². The number of benzene rings is 1. The predicted molar refractivity (Wildman–Crippen MR) is 87.7 cm³/mol. The van der Waals surface area contributed by atoms with Gasteiger partial charge in [0.2, 0.25) is 5.91 Å². The van der Waals surface area contributed by atoms with Crippen molar-refractivity contribution in [3.8, 4) is 0 Å². The van der Waals surface area contributed by atoms with Crippen molar-refractivity contribution in [2.75, 3.05) is 11.9 Å². The van der Waals surface area contributed by atoms with Gasteiger partial charge in [-0.15, -0.1) is 0 Å². The van der Waals surface area contributed by atoms with Gasteiger partial charge in [0.05, 0.1) is 18.1 Å². The fraction of sp³-hybridized carbons (Fsp3) is 0.250. The number of amides is 1. The molecular weight excluding hydrogens is 311 g/mol. The first-order valence-corrected chi connectivity index (χ1v) is 7.53. The van der Waals surface area contributed by atoms with Crippen LogP contribution in [0.1, 0.15) is 12.5 Å². The molecule has 0 spiro atoms. The number of hydrogen-bond donors (Lipinski definition) is 2. The van der Waals surface area contributed by atoms with Crippen molar-refractivity contribution in [1.29, 1.82) is 0 Å². The Balaban J connectivity index is 1.73. The minimum atomic E-state index is -0.261. The molecule has 0 atom stereocenters. The quantitative estimate of drug-likeness (QED) is 0.720. The summed E-state index contributed by atoms with van der Waals surface area (Å²) in [4.78, 5) is 19.4. The molecule has 8 heteroatoms. The summed E-state index contributed by atoms with van der Waals surface area (Å²) in [6.45, 7) is 3.00. The van der Waals surface area contributed by atoms with Gasteiger partial charge >= 0.3 is 0 Å². The van der Waals surface area contributed by atoms with Gasteiger partial charge in [-0.05, 0) is 17.7 Å². The van der Waals surface area contributed by atoms with E-state index in [4.69, 9.17) is 0 Å². The minimum absolute atomic E-state index is 0.0808. The van der Waals surface area contributed by atoms with Crippen LogP contribution in [0.15, 0.2) is 36.8 Å². The number of hydrogen-bond acceptors (Lipinski definition) is 5. The molecule has 1 aromatic carbocycles. The highest BCUT2D eigenvalue weighted by Crippen LogP contribution is 2.19. The molecule has 3 aromatic rings. The summed E-state index contributed by atoms with van der Waals surface area (Å²) in [5.74, 6) is 0.321. The lowest BCUT2D eigenvalue weighted by atomic mass is 10.2. The number of halogens is 1. The third-order valence-corrected chi connectivity index (χ3v) is 3.50. The molecule has 0 aliphatic carbocycles. The summed E-state index contributed by atoms with van der Waals surface area (Å²) in [5.41, 5.74) is 1.64. The van der Waals surface area contributed by atoms with Gasteiger partial charge in [-0.1, -0.05) is 12.1 Å². The summed E-state index contributed by atoms with van der Waals surface area (Å²) >= 11 is 0. The Morgan fingerprint density at radius 3 is 2.79 bits per heavy atom. The smallest absolute Gasteiger partial charge is 0.216 e. The molecule has 0 radical (unpaired) electrons. The van der Waals surface area contributed by atoms with E-state index < -0.39 is 0 Å². The SMILES string of the molecule is CC(=O)NCCn1ncc2c(NCc3ccc(F)cc3)ncnc21. The first kappa shape index (κ1) is 15.9. The highest BCUT2D eigenvalue weighted by Gasteiger charge is 2.09. The van der Waals surface area contributed by atoms with Crippen LogP contribution in [0.4, 0.5) is 10.2 Å². The molecule has 0 aliphatic heterocycles. The Hall–Kier alpha value is -3.03. The molecule has 0 aliphatic rings. The zero-order valence-electron chi connectivity index (χ0n) is 13.2. The molecule has 2 aromatic heterocycles. The van der Waals surface area contributed by atoms with Crippen LogP contribution >= 0.6 is 0 Å². The standard InChI is InChI=1S/C16H17FN6O/c1-11(24)18-6-7-23-16-14(9-22-23)15(20-10-21-16)19-8-12-2-4-13(17)5-3-12/h2-5,9-10H,6-8H2,1H3,(H,18,24)(H,19,20,21). The van der Waals surface area contributed by atoms with Gasteiger partial charge < -0.3 is 10.6 Å². The molecule has 3 rings (SSSR count). The second-order valence-electron chi connectivity index (χ2n) is 5.29. The summed E-state index contributed by atoms with van der Waals surface area (Å²) in [7, 11) is 0. The number of nitrogens with zero attached hydrogens (tertiary/aromatic N) is 4. The molecule has 2 heterocycles. The van der Waals surface area contributed by atoms with Crippen LogP contribution in [0, 0.1) is 5.82 Å². The van der Waals surface area contributed by atoms with Crippen LogP contribution < -0.4 is 10.6 Å². The average molecular weight is 328 g/mol. The number of carbonyl (C=O) groups excluding carboxylic acids is 1. The van der Waals surface area contributed by atoms with Crippen molar-refractivity contribution in [1.82, 2.24) is 25.1 Å². The lowest BCUT2D eigenvalue weighted by Crippen LogP contribution is -2.24. The summed E-state index contributed by atoms with van der Waals surface area (Å²) < 4.78 is 14.7. The highest BCUT2D eigenvalue weighted by molar-refractivity contribution is 5.86. The van der Waals surface area contributed by atoms with Crippen molar-refractivity contribution in [3.63, 3.8) is 0 Å². The highest BCUT2D eigenvalue weighted by atomic mass is 19.1. The Morgan fingerprint density at radius 1 is 1.25 bits per heavy atom. The van der Waals surface area contributed by atoms with E-state index in [-0.39, 0.29) is 11.7 Å². The summed E-state index contributed by atoms with van der Waals surface area (Å²) in [6.07, 6.45) is 3.15. The fourth-order valence-electron chi connectivity index (χ4n) is 2.32. The Labute approximate surface area is 137 Å². The monoisotopic (exact) mass is 328 g/mol. The number of fused-ring (bicyclic) bond motifs is 1. The lowest BCUT2D eigenvalue weighted by molar-refractivity contribution is -0.118. The molecule has 0 saturated heterocycles. The van der Waals surface area contributed by atoms with Crippen molar-refractivity contribution in [3.05, 3.63) is 48.2 Å². The van der Waals surface area contributed by atoms with Crippen LogP contribution in [-0.2, 0) is 17.9 Å². The Morgan fingerprint density at radius 2 is 2.04 bits per heavy atom. The van der Waals surface area contributed by atoms with Crippen molar-refractivity contribution in [2.45, 2.75) is 20.0 Å². The molecule has 0 unspecified atom stereocenters. The predicted octanol–water partition coefficient (Wildman–Crippen LogP) is 1.71. The van der Waals surface area contributed by atoms with E-state index in [1.807, 2.05) is 0 Å². The first-order chi connectivity index (χ1) is 11.6. The zero-order valence-corrected chi connectivity index (χ0v) is 13.2. The Bertz CT molecular complexity index is 845. The maximum atomic E-state index is 12.9. The van der Waals surface area contributed by atoms with E-state index in [0.29, 0.717) is 31.1 Å². The maximum absolute atomic E-state index is 12.9. The molecule has 7 nitrogen and oxygen atoms in total. The van der Waals surface area contributed by atoms with Gasteiger partial charge in [-0.3, -0.25) is 4.79 Å². The van der Waals surface area contributed by atoms with Crippen LogP contribution in [0.2, 0.25) is 0 Å². The van der Waals surface area contributed by atoms with Gasteiger partial charge in [-0.2, -0.15) is 5.10 Å². The van der Waals surface area contributed by atoms with E-state index in [0.717, 1.165) is 10.9 Å². The first-order valence-electron chi connectivity index (χ1n) is 7.53. The third kappa shape index (κ3) is 3.65. The Kier molecular flexibility index (Phi) is 4.64. The van der Waals surface area contributed by atoms with E-state index in [9.17, 15) is 9.18 Å². The van der Waals surface area contributed by atoms with Gasteiger partial charge in [0.25, 0.3) is 0 Å². The van der Waals surface area contributed by atoms with E-state index in [1.54, 1.807) is 23.0 Å². The summed E-state index contributed by atoms with van der Waals surface area (Å²) in [5, 5.41) is 11.0. The van der Waals surface area contributed by atoms with Crippen molar-refractivity contribution < 1.29 is 9.18 Å². The largest absolute Gasteiger partial charge is 0.365 e.